The minimum atomic E-state index is -3.79. The number of amides is 1. The molecule has 0 fully saturated rings. The van der Waals surface area contributed by atoms with Crippen molar-refractivity contribution in [3.8, 4) is 11.5 Å². The predicted molar refractivity (Wildman–Crippen MR) is 111 cm³/mol. The molecule has 0 aliphatic carbocycles. The first-order chi connectivity index (χ1) is 13.9. The van der Waals surface area contributed by atoms with Crippen molar-refractivity contribution in [3.63, 3.8) is 0 Å². The van der Waals surface area contributed by atoms with E-state index in [1.165, 1.54) is 12.1 Å². The monoisotopic (exact) mass is 436 g/mol. The molecule has 1 aliphatic rings. The van der Waals surface area contributed by atoms with Gasteiger partial charge in [0.25, 0.3) is 0 Å². The summed E-state index contributed by atoms with van der Waals surface area (Å²) in [5.41, 5.74) is 5.73. The molecule has 11 heteroatoms. The van der Waals surface area contributed by atoms with Crippen LogP contribution >= 0.6 is 12.2 Å². The van der Waals surface area contributed by atoms with Gasteiger partial charge >= 0.3 is 0 Å². The lowest BCUT2D eigenvalue weighted by Crippen LogP contribution is -2.44. The third-order valence-electron chi connectivity index (χ3n) is 3.82. The molecule has 0 saturated heterocycles. The largest absolute Gasteiger partial charge is 0.486 e. The molecule has 0 unspecified atom stereocenters. The van der Waals surface area contributed by atoms with Crippen LogP contribution < -0.4 is 30.4 Å². The molecule has 0 bridgehead atoms. The predicted octanol–water partition coefficient (Wildman–Crippen LogP) is 1.14. The molecule has 0 aromatic heterocycles. The third kappa shape index (κ3) is 6.04. The number of fused-ring (bicyclic) bond motifs is 1. The zero-order valence-electron chi connectivity index (χ0n) is 15.3. The Kier molecular flexibility index (Phi) is 6.86. The van der Waals surface area contributed by atoms with Crippen LogP contribution in [0.2, 0.25) is 0 Å². The highest BCUT2D eigenvalue weighted by Crippen LogP contribution is 2.32. The van der Waals surface area contributed by atoms with Crippen molar-refractivity contribution in [2.45, 2.75) is 11.3 Å². The molecule has 1 amide bonds. The van der Waals surface area contributed by atoms with E-state index in [9.17, 15) is 13.2 Å². The number of thiocarbonyl (C=S) groups is 1. The molecule has 0 spiro atoms. The average Bonchev–Trinajstić information content (AvgIpc) is 2.72. The number of rotatable bonds is 6. The van der Waals surface area contributed by atoms with Gasteiger partial charge in [0.15, 0.2) is 16.6 Å². The number of sulfonamides is 1. The van der Waals surface area contributed by atoms with Gasteiger partial charge in [0.1, 0.15) is 13.2 Å². The zero-order chi connectivity index (χ0) is 20.7. The van der Waals surface area contributed by atoms with Crippen molar-refractivity contribution < 1.29 is 22.7 Å². The number of ether oxygens (including phenoxy) is 2. The van der Waals surface area contributed by atoms with Crippen molar-refractivity contribution in [2.75, 3.05) is 25.1 Å². The normalized spacial score (nSPS) is 12.7. The van der Waals surface area contributed by atoms with Gasteiger partial charge in [0.05, 0.1) is 4.90 Å². The number of hydrogen-bond donors (Lipinski definition) is 4. The van der Waals surface area contributed by atoms with Crippen LogP contribution in [0.25, 0.3) is 0 Å². The summed E-state index contributed by atoms with van der Waals surface area (Å²) in [5.74, 6) is 0.452. The molecule has 1 aliphatic heterocycles. The number of para-hydroxylation sites is 1. The van der Waals surface area contributed by atoms with Gasteiger partial charge in [-0.2, -0.15) is 0 Å². The average molecular weight is 437 g/mol. The Labute approximate surface area is 173 Å². The fraction of sp³-hybridized carbons (Fsp3) is 0.222. The smallest absolute Gasteiger partial charge is 0.240 e. The first-order valence-electron chi connectivity index (χ1n) is 8.74. The Morgan fingerprint density at radius 3 is 2.48 bits per heavy atom. The zero-order valence-corrected chi connectivity index (χ0v) is 16.9. The second-order valence-electron chi connectivity index (χ2n) is 5.95. The van der Waals surface area contributed by atoms with Gasteiger partial charge in [-0.25, -0.2) is 13.1 Å². The van der Waals surface area contributed by atoms with Crippen molar-refractivity contribution in [1.82, 2.24) is 15.6 Å². The summed E-state index contributed by atoms with van der Waals surface area (Å²) in [4.78, 5) is 11.9. The highest BCUT2D eigenvalue weighted by atomic mass is 32.2. The summed E-state index contributed by atoms with van der Waals surface area (Å²) in [5, 5.41) is 3.11. The molecule has 2 aromatic rings. The molecule has 2 aromatic carbocycles. The van der Waals surface area contributed by atoms with E-state index >= 15 is 0 Å². The summed E-state index contributed by atoms with van der Waals surface area (Å²) < 4.78 is 37.9. The summed E-state index contributed by atoms with van der Waals surface area (Å²) in [6.45, 7) is 0.700. The Bertz CT molecular complexity index is 983. The maximum absolute atomic E-state index is 12.4. The van der Waals surface area contributed by atoms with Crippen LogP contribution in [0.15, 0.2) is 53.4 Å². The SMILES string of the molecule is O=C(CCNS(=O)(=O)c1ccc2c(c1)OCCO2)NNC(=S)Nc1ccccc1. The molecule has 0 saturated carbocycles. The molecule has 0 radical (unpaired) electrons. The molecule has 4 N–H and O–H groups in total. The Morgan fingerprint density at radius 2 is 1.72 bits per heavy atom. The van der Waals surface area contributed by atoms with E-state index in [1.807, 2.05) is 30.3 Å². The number of carbonyl (C=O) groups is 1. The second-order valence-corrected chi connectivity index (χ2v) is 8.12. The van der Waals surface area contributed by atoms with Crippen LogP contribution in [-0.4, -0.2) is 39.2 Å². The van der Waals surface area contributed by atoms with E-state index in [4.69, 9.17) is 21.7 Å². The van der Waals surface area contributed by atoms with Crippen LogP contribution in [-0.2, 0) is 14.8 Å². The number of hydrogen-bond acceptors (Lipinski definition) is 6. The van der Waals surface area contributed by atoms with Gasteiger partial charge in [0, 0.05) is 24.7 Å². The lowest BCUT2D eigenvalue weighted by Gasteiger charge is -2.18. The highest BCUT2D eigenvalue weighted by Gasteiger charge is 2.19. The number of hydrazine groups is 1. The quantitative estimate of drug-likeness (QED) is 0.393. The molecule has 0 atom stereocenters. The van der Waals surface area contributed by atoms with Gasteiger partial charge in [-0.05, 0) is 36.5 Å². The van der Waals surface area contributed by atoms with Crippen LogP contribution in [0.5, 0.6) is 11.5 Å². The molecule has 29 heavy (non-hydrogen) atoms. The van der Waals surface area contributed by atoms with Gasteiger partial charge in [0.2, 0.25) is 15.9 Å². The van der Waals surface area contributed by atoms with Gasteiger partial charge in [-0.15, -0.1) is 0 Å². The molecular weight excluding hydrogens is 416 g/mol. The van der Waals surface area contributed by atoms with E-state index in [1.54, 1.807) is 6.07 Å². The Balaban J connectivity index is 1.43. The topological polar surface area (TPSA) is 118 Å². The Morgan fingerprint density at radius 1 is 1.00 bits per heavy atom. The van der Waals surface area contributed by atoms with E-state index in [0.29, 0.717) is 24.7 Å². The van der Waals surface area contributed by atoms with Crippen molar-refractivity contribution in [1.29, 1.82) is 0 Å². The van der Waals surface area contributed by atoms with E-state index in [-0.39, 0.29) is 23.0 Å². The lowest BCUT2D eigenvalue weighted by atomic mass is 10.3. The molecule has 154 valence electrons. The van der Waals surface area contributed by atoms with Gasteiger partial charge < -0.3 is 14.8 Å². The molecule has 9 nitrogen and oxygen atoms in total. The van der Waals surface area contributed by atoms with E-state index < -0.39 is 15.9 Å². The number of carbonyl (C=O) groups excluding carboxylic acids is 1. The first kappa shape index (κ1) is 20.8. The first-order valence-corrected chi connectivity index (χ1v) is 10.6. The Hall–Kier alpha value is -2.89. The van der Waals surface area contributed by atoms with Crippen molar-refractivity contribution >= 4 is 38.9 Å². The number of benzene rings is 2. The molecule has 3 rings (SSSR count). The van der Waals surface area contributed by atoms with Crippen molar-refractivity contribution in [2.24, 2.45) is 0 Å². The van der Waals surface area contributed by atoms with Crippen LogP contribution in [0.3, 0.4) is 0 Å². The summed E-state index contributed by atoms with van der Waals surface area (Å²) >= 11 is 5.07. The number of nitrogens with one attached hydrogen (secondary N) is 4. The maximum atomic E-state index is 12.4. The second kappa shape index (κ2) is 9.54. The van der Waals surface area contributed by atoms with Crippen LogP contribution in [0.1, 0.15) is 6.42 Å². The van der Waals surface area contributed by atoms with Crippen LogP contribution in [0.4, 0.5) is 5.69 Å². The van der Waals surface area contributed by atoms with Gasteiger partial charge in [-0.1, -0.05) is 18.2 Å². The summed E-state index contributed by atoms with van der Waals surface area (Å²) in [7, 11) is -3.79. The standard InChI is InChI=1S/C18H20N4O5S2/c23-17(21-22-18(28)20-13-4-2-1-3-5-13)8-9-19-29(24,25)14-6-7-15-16(12-14)27-11-10-26-15/h1-7,12,19H,8-11H2,(H,21,23)(H2,20,22,28). The van der Waals surface area contributed by atoms with Crippen LogP contribution in [0, 0.1) is 0 Å². The minimum absolute atomic E-state index is 0.0357. The van der Waals surface area contributed by atoms with E-state index in [0.717, 1.165) is 5.69 Å². The highest BCUT2D eigenvalue weighted by molar-refractivity contribution is 7.89. The maximum Gasteiger partial charge on any atom is 0.240 e. The summed E-state index contributed by atoms with van der Waals surface area (Å²) in [6, 6.07) is 13.6. The van der Waals surface area contributed by atoms with E-state index in [2.05, 4.69) is 20.9 Å². The fourth-order valence-corrected chi connectivity index (χ4v) is 3.66. The molecular formula is C18H20N4O5S2. The van der Waals surface area contributed by atoms with Crippen molar-refractivity contribution in [3.05, 3.63) is 48.5 Å². The number of anilines is 1. The van der Waals surface area contributed by atoms with Gasteiger partial charge in [-0.3, -0.25) is 15.6 Å². The minimum Gasteiger partial charge on any atom is -0.486 e. The fourth-order valence-electron chi connectivity index (χ4n) is 2.45. The molecule has 1 heterocycles. The summed E-state index contributed by atoms with van der Waals surface area (Å²) in [6.07, 6.45) is -0.0786. The third-order valence-corrected chi connectivity index (χ3v) is 5.48. The lowest BCUT2D eigenvalue weighted by molar-refractivity contribution is -0.121.